The van der Waals surface area contributed by atoms with Gasteiger partial charge < -0.3 is 11.1 Å². The molecule has 7 heteroatoms. The van der Waals surface area contributed by atoms with E-state index in [9.17, 15) is 4.79 Å². The van der Waals surface area contributed by atoms with Gasteiger partial charge in [-0.2, -0.15) is 0 Å². The van der Waals surface area contributed by atoms with E-state index in [1.807, 2.05) is 0 Å². The Morgan fingerprint density at radius 1 is 1.04 bits per heavy atom. The van der Waals surface area contributed by atoms with Gasteiger partial charge in [0, 0.05) is 29.3 Å². The molecule has 0 aliphatic rings. The van der Waals surface area contributed by atoms with Gasteiger partial charge in [-0.05, 0) is 36.4 Å². The number of nitrogens with one attached hydrogen (secondary N) is 1. The molecule has 2 heterocycles. The van der Waals surface area contributed by atoms with Crippen molar-refractivity contribution in [3.8, 4) is 11.3 Å². The van der Waals surface area contributed by atoms with Crippen molar-refractivity contribution >= 4 is 40.5 Å². The Hall–Kier alpha value is -2.63. The normalized spacial score (nSPS) is 10.4. The van der Waals surface area contributed by atoms with Gasteiger partial charge in [0.2, 0.25) is 0 Å². The predicted molar refractivity (Wildman–Crippen MR) is 96.3 cm³/mol. The van der Waals surface area contributed by atoms with Crippen LogP contribution in [0.25, 0.3) is 11.3 Å². The first-order chi connectivity index (χ1) is 11.5. The van der Waals surface area contributed by atoms with E-state index in [0.29, 0.717) is 32.8 Å². The fourth-order valence-corrected chi connectivity index (χ4v) is 2.60. The molecule has 0 spiro atoms. The number of amides is 1. The molecule has 0 saturated heterocycles. The number of nitrogen functional groups attached to an aromatic ring is 1. The first kappa shape index (κ1) is 16.2. The topological polar surface area (TPSA) is 80.9 Å². The van der Waals surface area contributed by atoms with Crippen LogP contribution in [0.3, 0.4) is 0 Å². The van der Waals surface area contributed by atoms with Gasteiger partial charge in [-0.3, -0.25) is 9.78 Å². The SMILES string of the molecule is Nc1cc(-c2ncccc2Cl)ccc1C(=O)Nc1ccnc(Cl)c1. The van der Waals surface area contributed by atoms with Crippen molar-refractivity contribution < 1.29 is 4.79 Å². The third kappa shape index (κ3) is 3.48. The van der Waals surface area contributed by atoms with Gasteiger partial charge >= 0.3 is 0 Å². The Bertz CT molecular complexity index is 915. The van der Waals surface area contributed by atoms with Crippen LogP contribution in [0, 0.1) is 0 Å². The summed E-state index contributed by atoms with van der Waals surface area (Å²) in [5, 5.41) is 3.53. The summed E-state index contributed by atoms with van der Waals surface area (Å²) in [7, 11) is 0. The van der Waals surface area contributed by atoms with Crippen molar-refractivity contribution in [2.75, 3.05) is 11.1 Å². The summed E-state index contributed by atoms with van der Waals surface area (Å²) in [6.07, 6.45) is 3.15. The lowest BCUT2D eigenvalue weighted by Crippen LogP contribution is -2.14. The standard InChI is InChI=1S/C17H12Cl2N4O/c18-13-2-1-6-22-16(13)10-3-4-12(14(20)8-10)17(24)23-11-5-7-21-15(19)9-11/h1-9H,20H2,(H,21,23,24). The number of hydrogen-bond donors (Lipinski definition) is 2. The van der Waals surface area contributed by atoms with Gasteiger partial charge in [0.1, 0.15) is 5.15 Å². The molecule has 3 rings (SSSR count). The van der Waals surface area contributed by atoms with Crippen LogP contribution in [0.4, 0.5) is 11.4 Å². The molecule has 1 amide bonds. The average Bonchev–Trinajstić information content (AvgIpc) is 2.55. The highest BCUT2D eigenvalue weighted by atomic mass is 35.5. The Morgan fingerprint density at radius 2 is 1.88 bits per heavy atom. The van der Waals surface area contributed by atoms with Crippen molar-refractivity contribution in [3.63, 3.8) is 0 Å². The van der Waals surface area contributed by atoms with Crippen LogP contribution in [0.5, 0.6) is 0 Å². The Balaban J connectivity index is 1.87. The predicted octanol–water partition coefficient (Wildman–Crippen LogP) is 4.28. The highest BCUT2D eigenvalue weighted by molar-refractivity contribution is 6.33. The molecular weight excluding hydrogens is 347 g/mol. The minimum Gasteiger partial charge on any atom is -0.398 e. The number of nitrogens with two attached hydrogens (primary N) is 1. The maximum Gasteiger partial charge on any atom is 0.257 e. The summed E-state index contributed by atoms with van der Waals surface area (Å²) < 4.78 is 0. The average molecular weight is 359 g/mol. The van der Waals surface area contributed by atoms with E-state index in [-0.39, 0.29) is 5.91 Å². The van der Waals surface area contributed by atoms with Crippen molar-refractivity contribution in [3.05, 3.63) is 70.6 Å². The van der Waals surface area contributed by atoms with E-state index < -0.39 is 0 Å². The Morgan fingerprint density at radius 3 is 2.58 bits per heavy atom. The monoisotopic (exact) mass is 358 g/mol. The first-order valence-corrected chi connectivity index (χ1v) is 7.73. The van der Waals surface area contributed by atoms with Crippen LogP contribution in [-0.4, -0.2) is 15.9 Å². The summed E-state index contributed by atoms with van der Waals surface area (Å²) in [5.41, 5.74) is 8.58. The second-order valence-corrected chi connectivity index (χ2v) is 5.75. The van der Waals surface area contributed by atoms with E-state index in [2.05, 4.69) is 15.3 Å². The third-order valence-corrected chi connectivity index (χ3v) is 3.82. The van der Waals surface area contributed by atoms with Crippen molar-refractivity contribution in [1.29, 1.82) is 0 Å². The summed E-state index contributed by atoms with van der Waals surface area (Å²) in [4.78, 5) is 20.5. The number of halogens is 2. The first-order valence-electron chi connectivity index (χ1n) is 6.98. The number of rotatable bonds is 3. The quantitative estimate of drug-likeness (QED) is 0.540. The van der Waals surface area contributed by atoms with Crippen molar-refractivity contribution in [2.45, 2.75) is 0 Å². The number of aromatic nitrogens is 2. The largest absolute Gasteiger partial charge is 0.398 e. The number of hydrogen-bond acceptors (Lipinski definition) is 4. The fourth-order valence-electron chi connectivity index (χ4n) is 2.19. The molecule has 0 fully saturated rings. The zero-order valence-corrected chi connectivity index (χ0v) is 13.8. The zero-order chi connectivity index (χ0) is 17.1. The molecule has 0 saturated carbocycles. The van der Waals surface area contributed by atoms with Gasteiger partial charge in [0.05, 0.1) is 16.3 Å². The lowest BCUT2D eigenvalue weighted by molar-refractivity contribution is 0.102. The smallest absolute Gasteiger partial charge is 0.257 e. The molecule has 3 aromatic rings. The fraction of sp³-hybridized carbons (Fsp3) is 0. The number of benzene rings is 1. The van der Waals surface area contributed by atoms with Crippen LogP contribution in [-0.2, 0) is 0 Å². The molecule has 2 aromatic heterocycles. The van der Waals surface area contributed by atoms with E-state index >= 15 is 0 Å². The summed E-state index contributed by atoms with van der Waals surface area (Å²) in [5.74, 6) is -0.339. The van der Waals surface area contributed by atoms with Crippen LogP contribution >= 0.6 is 23.2 Å². The molecule has 0 aliphatic heterocycles. The van der Waals surface area contributed by atoms with E-state index in [0.717, 1.165) is 5.56 Å². The number of anilines is 2. The summed E-state index contributed by atoms with van der Waals surface area (Å²) in [6, 6.07) is 11.7. The molecule has 1 aromatic carbocycles. The second-order valence-electron chi connectivity index (χ2n) is 4.96. The highest BCUT2D eigenvalue weighted by Gasteiger charge is 2.13. The number of pyridine rings is 2. The number of carbonyl (C=O) groups is 1. The number of nitrogens with zero attached hydrogens (tertiary/aromatic N) is 2. The van der Waals surface area contributed by atoms with Crippen LogP contribution in [0.1, 0.15) is 10.4 Å². The molecule has 0 radical (unpaired) electrons. The van der Waals surface area contributed by atoms with Gasteiger partial charge in [0.25, 0.3) is 5.91 Å². The van der Waals surface area contributed by atoms with Crippen LogP contribution in [0.15, 0.2) is 54.9 Å². The lowest BCUT2D eigenvalue weighted by Gasteiger charge is -2.10. The van der Waals surface area contributed by atoms with Gasteiger partial charge in [0.15, 0.2) is 0 Å². The lowest BCUT2D eigenvalue weighted by atomic mass is 10.1. The van der Waals surface area contributed by atoms with Gasteiger partial charge in [-0.1, -0.05) is 29.3 Å². The summed E-state index contributed by atoms with van der Waals surface area (Å²) in [6.45, 7) is 0. The zero-order valence-electron chi connectivity index (χ0n) is 12.3. The molecule has 120 valence electrons. The second kappa shape index (κ2) is 6.86. The molecule has 0 aliphatic carbocycles. The summed E-state index contributed by atoms with van der Waals surface area (Å²) >= 11 is 11.9. The van der Waals surface area contributed by atoms with Crippen LogP contribution in [0.2, 0.25) is 10.2 Å². The van der Waals surface area contributed by atoms with Crippen molar-refractivity contribution in [2.24, 2.45) is 0 Å². The van der Waals surface area contributed by atoms with Gasteiger partial charge in [-0.25, -0.2) is 4.98 Å². The van der Waals surface area contributed by atoms with Crippen LogP contribution < -0.4 is 11.1 Å². The third-order valence-electron chi connectivity index (χ3n) is 3.31. The molecule has 0 atom stereocenters. The molecule has 5 nitrogen and oxygen atoms in total. The molecular formula is C17H12Cl2N4O. The molecule has 0 bridgehead atoms. The van der Waals surface area contributed by atoms with E-state index in [1.165, 1.54) is 6.20 Å². The minimum atomic E-state index is -0.339. The maximum atomic E-state index is 12.4. The Kier molecular flexibility index (Phi) is 4.64. The molecule has 24 heavy (non-hydrogen) atoms. The Labute approximate surface area is 148 Å². The molecule has 3 N–H and O–H groups in total. The van der Waals surface area contributed by atoms with E-state index in [4.69, 9.17) is 28.9 Å². The van der Waals surface area contributed by atoms with Gasteiger partial charge in [-0.15, -0.1) is 0 Å². The highest BCUT2D eigenvalue weighted by Crippen LogP contribution is 2.28. The molecule has 0 unspecified atom stereocenters. The van der Waals surface area contributed by atoms with E-state index in [1.54, 1.807) is 48.7 Å². The number of carbonyl (C=O) groups excluding carboxylic acids is 1. The minimum absolute atomic E-state index is 0.293. The maximum absolute atomic E-state index is 12.4. The van der Waals surface area contributed by atoms with Crippen molar-refractivity contribution in [1.82, 2.24) is 9.97 Å².